The summed E-state index contributed by atoms with van der Waals surface area (Å²) in [6.07, 6.45) is 1.15. The maximum atomic E-state index is 9.38. The summed E-state index contributed by atoms with van der Waals surface area (Å²) in [5.74, 6) is 0.916. The summed E-state index contributed by atoms with van der Waals surface area (Å²) in [6, 6.07) is 3.35. The summed E-state index contributed by atoms with van der Waals surface area (Å²) in [5, 5.41) is 9.38. The Balaban J connectivity index is 2.60. The van der Waals surface area contributed by atoms with E-state index in [9.17, 15) is 5.11 Å². The minimum atomic E-state index is -0.503. The first-order valence-electron chi connectivity index (χ1n) is 3.77. The van der Waals surface area contributed by atoms with Crippen LogP contribution in [-0.4, -0.2) is 5.11 Å². The monoisotopic (exact) mass is 155 g/mol. The van der Waals surface area contributed by atoms with Gasteiger partial charge >= 0.3 is 0 Å². The van der Waals surface area contributed by atoms with Gasteiger partial charge in [-0.05, 0) is 12.5 Å². The number of hydrogen-bond donors (Lipinski definition) is 2. The summed E-state index contributed by atoms with van der Waals surface area (Å²) in [6.45, 7) is 2.01. The Bertz CT molecular complexity index is 220. The second kappa shape index (κ2) is 3.44. The van der Waals surface area contributed by atoms with Crippen LogP contribution in [0.4, 0.5) is 5.88 Å². The van der Waals surface area contributed by atoms with Crippen LogP contribution in [0.5, 0.6) is 0 Å². The molecule has 1 heterocycles. The molecule has 3 heteroatoms. The fourth-order valence-electron chi connectivity index (χ4n) is 0.963. The van der Waals surface area contributed by atoms with Gasteiger partial charge in [0, 0.05) is 6.07 Å². The van der Waals surface area contributed by atoms with Crippen molar-refractivity contribution in [1.29, 1.82) is 0 Å². The van der Waals surface area contributed by atoms with Crippen LogP contribution in [-0.2, 0) is 0 Å². The van der Waals surface area contributed by atoms with E-state index < -0.39 is 6.10 Å². The Morgan fingerprint density at radius 2 is 2.36 bits per heavy atom. The van der Waals surface area contributed by atoms with Crippen molar-refractivity contribution in [3.05, 3.63) is 17.9 Å². The van der Waals surface area contributed by atoms with Crippen molar-refractivity contribution in [2.75, 3.05) is 5.73 Å². The molecule has 0 aliphatic heterocycles. The molecule has 3 nitrogen and oxygen atoms in total. The second-order valence-corrected chi connectivity index (χ2v) is 2.54. The molecule has 0 aliphatic rings. The number of rotatable bonds is 3. The van der Waals surface area contributed by atoms with Crippen molar-refractivity contribution in [3.8, 4) is 0 Å². The molecule has 0 spiro atoms. The molecule has 1 rings (SSSR count). The molecule has 0 radical (unpaired) electrons. The lowest BCUT2D eigenvalue weighted by molar-refractivity contribution is 0.140. The molecule has 0 amide bonds. The molecule has 0 saturated carbocycles. The number of aliphatic hydroxyl groups is 1. The van der Waals surface area contributed by atoms with Gasteiger partial charge in [0.2, 0.25) is 0 Å². The van der Waals surface area contributed by atoms with Gasteiger partial charge < -0.3 is 15.3 Å². The minimum absolute atomic E-state index is 0.357. The van der Waals surface area contributed by atoms with Crippen molar-refractivity contribution in [3.63, 3.8) is 0 Å². The van der Waals surface area contributed by atoms with Gasteiger partial charge in [0.1, 0.15) is 11.9 Å². The smallest absolute Gasteiger partial charge is 0.190 e. The summed E-state index contributed by atoms with van der Waals surface area (Å²) < 4.78 is 5.03. The fraction of sp³-hybridized carbons (Fsp3) is 0.500. The molecule has 0 fully saturated rings. The van der Waals surface area contributed by atoms with Gasteiger partial charge in [0.15, 0.2) is 5.88 Å². The molecule has 1 aromatic heterocycles. The van der Waals surface area contributed by atoms with Gasteiger partial charge in [-0.25, -0.2) is 0 Å². The molecule has 0 aromatic carbocycles. The number of furan rings is 1. The van der Waals surface area contributed by atoms with Gasteiger partial charge in [-0.15, -0.1) is 0 Å². The highest BCUT2D eigenvalue weighted by Crippen LogP contribution is 2.21. The Morgan fingerprint density at radius 3 is 2.82 bits per heavy atom. The maximum Gasteiger partial charge on any atom is 0.190 e. The molecule has 0 bridgehead atoms. The summed E-state index contributed by atoms with van der Waals surface area (Å²) >= 11 is 0. The van der Waals surface area contributed by atoms with Crippen molar-refractivity contribution in [1.82, 2.24) is 0 Å². The zero-order valence-electron chi connectivity index (χ0n) is 6.58. The van der Waals surface area contributed by atoms with Crippen molar-refractivity contribution >= 4 is 5.88 Å². The molecule has 62 valence electrons. The van der Waals surface area contributed by atoms with E-state index in [2.05, 4.69) is 0 Å². The Kier molecular flexibility index (Phi) is 2.54. The highest BCUT2D eigenvalue weighted by molar-refractivity contribution is 5.25. The minimum Gasteiger partial charge on any atom is -0.443 e. The second-order valence-electron chi connectivity index (χ2n) is 2.54. The quantitative estimate of drug-likeness (QED) is 0.698. The first-order valence-corrected chi connectivity index (χ1v) is 3.77. The van der Waals surface area contributed by atoms with E-state index in [-0.39, 0.29) is 0 Å². The van der Waals surface area contributed by atoms with E-state index in [1.54, 1.807) is 12.1 Å². The third-order valence-electron chi connectivity index (χ3n) is 1.54. The maximum absolute atomic E-state index is 9.38. The van der Waals surface area contributed by atoms with Crippen molar-refractivity contribution in [2.45, 2.75) is 25.9 Å². The lowest BCUT2D eigenvalue weighted by atomic mass is 10.2. The van der Waals surface area contributed by atoms with Crippen LogP contribution in [0.3, 0.4) is 0 Å². The number of hydrogen-bond acceptors (Lipinski definition) is 3. The highest BCUT2D eigenvalue weighted by atomic mass is 16.4. The van der Waals surface area contributed by atoms with Crippen LogP contribution in [0.1, 0.15) is 31.6 Å². The molecule has 1 atom stereocenters. The average Bonchev–Trinajstić information content (AvgIpc) is 2.36. The normalized spacial score (nSPS) is 13.3. The fourth-order valence-corrected chi connectivity index (χ4v) is 0.963. The molecule has 0 aliphatic carbocycles. The highest BCUT2D eigenvalue weighted by Gasteiger charge is 2.09. The molecule has 0 saturated heterocycles. The van der Waals surface area contributed by atoms with Crippen molar-refractivity contribution in [2.24, 2.45) is 0 Å². The number of aliphatic hydroxyl groups excluding tert-OH is 1. The molecule has 3 N–H and O–H groups in total. The number of nitrogen functional groups attached to an aromatic ring is 1. The molecular formula is C8H13NO2. The van der Waals surface area contributed by atoms with E-state index in [1.165, 1.54) is 0 Å². The van der Waals surface area contributed by atoms with Gasteiger partial charge in [0.05, 0.1) is 0 Å². The zero-order valence-corrected chi connectivity index (χ0v) is 6.58. The lowest BCUT2D eigenvalue weighted by Gasteiger charge is -2.03. The van der Waals surface area contributed by atoms with E-state index in [1.807, 2.05) is 6.92 Å². The summed E-state index contributed by atoms with van der Waals surface area (Å²) in [4.78, 5) is 0. The lowest BCUT2D eigenvalue weighted by Crippen LogP contribution is -1.93. The first-order chi connectivity index (χ1) is 5.24. The first kappa shape index (κ1) is 8.14. The molecule has 11 heavy (non-hydrogen) atoms. The number of nitrogens with two attached hydrogens (primary N) is 1. The summed E-state index contributed by atoms with van der Waals surface area (Å²) in [5.41, 5.74) is 5.33. The van der Waals surface area contributed by atoms with Crippen LogP contribution < -0.4 is 5.73 Å². The Hall–Kier alpha value is -0.960. The van der Waals surface area contributed by atoms with Crippen LogP contribution in [0.2, 0.25) is 0 Å². The predicted molar refractivity (Wildman–Crippen MR) is 43.0 cm³/mol. The van der Waals surface area contributed by atoms with E-state index in [4.69, 9.17) is 10.2 Å². The standard InChI is InChI=1S/C8H13NO2/c1-2-3-6(10)7-4-5-8(9)11-7/h4-6,10H,2-3,9H2,1H3. The topological polar surface area (TPSA) is 59.4 Å². The Morgan fingerprint density at radius 1 is 1.64 bits per heavy atom. The average molecular weight is 155 g/mol. The van der Waals surface area contributed by atoms with Crippen LogP contribution in [0, 0.1) is 0 Å². The van der Waals surface area contributed by atoms with Gasteiger partial charge in [-0.2, -0.15) is 0 Å². The largest absolute Gasteiger partial charge is 0.443 e. The Labute approximate surface area is 65.8 Å². The molecule has 1 unspecified atom stereocenters. The van der Waals surface area contributed by atoms with Gasteiger partial charge in [-0.1, -0.05) is 13.3 Å². The third kappa shape index (κ3) is 1.98. The SMILES string of the molecule is CCCC(O)c1ccc(N)o1. The summed E-state index contributed by atoms with van der Waals surface area (Å²) in [7, 11) is 0. The predicted octanol–water partition coefficient (Wildman–Crippen LogP) is 1.70. The van der Waals surface area contributed by atoms with E-state index in [0.717, 1.165) is 6.42 Å². The van der Waals surface area contributed by atoms with Crippen LogP contribution >= 0.6 is 0 Å². The molecule has 1 aromatic rings. The van der Waals surface area contributed by atoms with Gasteiger partial charge in [0.25, 0.3) is 0 Å². The third-order valence-corrected chi connectivity index (χ3v) is 1.54. The van der Waals surface area contributed by atoms with E-state index in [0.29, 0.717) is 18.1 Å². The van der Waals surface area contributed by atoms with Crippen LogP contribution in [0.15, 0.2) is 16.5 Å². The van der Waals surface area contributed by atoms with Gasteiger partial charge in [-0.3, -0.25) is 0 Å². The number of anilines is 1. The van der Waals surface area contributed by atoms with Crippen LogP contribution in [0.25, 0.3) is 0 Å². The molecular weight excluding hydrogens is 142 g/mol. The zero-order chi connectivity index (χ0) is 8.27. The van der Waals surface area contributed by atoms with Crippen molar-refractivity contribution < 1.29 is 9.52 Å². The van der Waals surface area contributed by atoms with E-state index >= 15 is 0 Å².